The van der Waals surface area contributed by atoms with Crippen LogP contribution in [-0.4, -0.2) is 10.1 Å². The molecule has 0 saturated heterocycles. The van der Waals surface area contributed by atoms with Crippen LogP contribution in [0.1, 0.15) is 17.4 Å². The summed E-state index contributed by atoms with van der Waals surface area (Å²) in [5, 5.41) is 9.90. The first-order valence-corrected chi connectivity index (χ1v) is 6.09. The molecule has 94 valence electrons. The molecule has 1 atom stereocenters. The third-order valence-corrected chi connectivity index (χ3v) is 3.01. The molecule has 0 fully saturated rings. The first kappa shape index (κ1) is 13.1. The highest BCUT2D eigenvalue weighted by molar-refractivity contribution is 9.10. The first-order valence-electron chi connectivity index (χ1n) is 5.29. The number of pyridine rings is 1. The molecule has 2 rings (SSSR count). The fraction of sp³-hybridized carbons (Fsp3) is 0.154. The van der Waals surface area contributed by atoms with E-state index in [0.717, 1.165) is 6.20 Å². The van der Waals surface area contributed by atoms with Crippen molar-refractivity contribution in [3.05, 3.63) is 63.9 Å². The largest absolute Gasteiger partial charge is 0.386 e. The molecule has 0 aliphatic rings. The van der Waals surface area contributed by atoms with E-state index in [0.29, 0.717) is 15.7 Å². The number of hydrogen-bond donors (Lipinski definition) is 1. The zero-order valence-electron chi connectivity index (χ0n) is 9.28. The molecule has 1 aromatic heterocycles. The first-order chi connectivity index (χ1) is 8.56. The highest BCUT2D eigenvalue weighted by Crippen LogP contribution is 2.21. The lowest BCUT2D eigenvalue weighted by Gasteiger charge is -2.10. The van der Waals surface area contributed by atoms with Crippen LogP contribution in [0.3, 0.4) is 0 Å². The number of hydrogen-bond acceptors (Lipinski definition) is 2. The number of aliphatic hydroxyl groups excluding tert-OH is 1. The third-order valence-electron chi connectivity index (χ3n) is 2.52. The lowest BCUT2D eigenvalue weighted by Crippen LogP contribution is -2.05. The Labute approximate surface area is 111 Å². The summed E-state index contributed by atoms with van der Waals surface area (Å²) in [7, 11) is 0. The van der Waals surface area contributed by atoms with Gasteiger partial charge in [-0.25, -0.2) is 8.78 Å². The molecule has 0 bridgehead atoms. The average Bonchev–Trinajstić information content (AvgIpc) is 2.33. The zero-order valence-corrected chi connectivity index (χ0v) is 10.9. The summed E-state index contributed by atoms with van der Waals surface area (Å²) < 4.78 is 26.9. The van der Waals surface area contributed by atoms with Gasteiger partial charge in [-0.15, -0.1) is 0 Å². The van der Waals surface area contributed by atoms with Gasteiger partial charge in [0.15, 0.2) is 0 Å². The summed E-state index contributed by atoms with van der Waals surface area (Å²) in [5.74, 6) is -0.869. The van der Waals surface area contributed by atoms with Gasteiger partial charge in [-0.1, -0.05) is 22.0 Å². The molecule has 0 aliphatic carbocycles. The second-order valence-corrected chi connectivity index (χ2v) is 4.77. The van der Waals surface area contributed by atoms with E-state index in [2.05, 4.69) is 20.9 Å². The molecule has 0 aliphatic heterocycles. The van der Waals surface area contributed by atoms with Crippen LogP contribution in [-0.2, 0) is 6.42 Å². The van der Waals surface area contributed by atoms with Gasteiger partial charge in [-0.2, -0.15) is 0 Å². The van der Waals surface area contributed by atoms with E-state index in [4.69, 9.17) is 0 Å². The molecular weight excluding hydrogens is 304 g/mol. The molecule has 1 unspecified atom stereocenters. The molecule has 2 aromatic rings. The van der Waals surface area contributed by atoms with Crippen molar-refractivity contribution in [3.8, 4) is 0 Å². The minimum Gasteiger partial charge on any atom is -0.386 e. The topological polar surface area (TPSA) is 33.1 Å². The van der Waals surface area contributed by atoms with E-state index in [-0.39, 0.29) is 6.42 Å². The van der Waals surface area contributed by atoms with Gasteiger partial charge >= 0.3 is 0 Å². The second-order valence-electron chi connectivity index (χ2n) is 3.86. The summed E-state index contributed by atoms with van der Waals surface area (Å²) in [6.07, 6.45) is 0.162. The Morgan fingerprint density at radius 1 is 1.22 bits per heavy atom. The van der Waals surface area contributed by atoms with Crippen molar-refractivity contribution in [2.45, 2.75) is 12.5 Å². The van der Waals surface area contributed by atoms with Crippen molar-refractivity contribution >= 4 is 15.9 Å². The maximum absolute atomic E-state index is 13.6. The standard InChI is InChI=1S/C13H10BrF2NO/c14-9-2-1-8(11(16)6-9)5-13(18)12-4-3-10(15)7-17-12/h1-4,6-7,13,18H,5H2. The minimum atomic E-state index is -0.957. The molecule has 0 radical (unpaired) electrons. The highest BCUT2D eigenvalue weighted by atomic mass is 79.9. The van der Waals surface area contributed by atoms with Gasteiger partial charge < -0.3 is 5.11 Å². The molecule has 5 heteroatoms. The van der Waals surface area contributed by atoms with Crippen LogP contribution in [0.5, 0.6) is 0 Å². The minimum absolute atomic E-state index is 0.0950. The van der Waals surface area contributed by atoms with E-state index in [1.165, 1.54) is 18.2 Å². The maximum Gasteiger partial charge on any atom is 0.141 e. The van der Waals surface area contributed by atoms with Crippen molar-refractivity contribution in [1.29, 1.82) is 0 Å². The smallest absolute Gasteiger partial charge is 0.141 e. The Morgan fingerprint density at radius 2 is 2.00 bits per heavy atom. The predicted octanol–water partition coefficient (Wildman–Crippen LogP) is 3.40. The number of aliphatic hydroxyl groups is 1. The molecule has 0 spiro atoms. The Bertz CT molecular complexity index is 545. The van der Waals surface area contributed by atoms with Gasteiger partial charge in [0.2, 0.25) is 0 Å². The van der Waals surface area contributed by atoms with Crippen molar-refractivity contribution in [2.75, 3.05) is 0 Å². The van der Waals surface area contributed by atoms with E-state index in [9.17, 15) is 13.9 Å². The van der Waals surface area contributed by atoms with E-state index >= 15 is 0 Å². The van der Waals surface area contributed by atoms with E-state index in [1.807, 2.05) is 0 Å². The molecule has 0 amide bonds. The SMILES string of the molecule is OC(Cc1ccc(Br)cc1F)c1ccc(F)cn1. The number of benzene rings is 1. The van der Waals surface area contributed by atoms with Crippen LogP contribution in [0.15, 0.2) is 41.0 Å². The summed E-state index contributed by atoms with van der Waals surface area (Å²) in [6, 6.07) is 7.22. The van der Waals surface area contributed by atoms with Crippen LogP contribution in [0.4, 0.5) is 8.78 Å². The lowest BCUT2D eigenvalue weighted by atomic mass is 10.0. The Morgan fingerprint density at radius 3 is 2.61 bits per heavy atom. The number of nitrogens with zero attached hydrogens (tertiary/aromatic N) is 1. The fourth-order valence-electron chi connectivity index (χ4n) is 1.58. The fourth-order valence-corrected chi connectivity index (χ4v) is 1.92. The van der Waals surface area contributed by atoms with Crippen LogP contribution in [0, 0.1) is 11.6 Å². The predicted molar refractivity (Wildman–Crippen MR) is 67.0 cm³/mol. The molecule has 1 N–H and O–H groups in total. The molecule has 2 nitrogen and oxygen atoms in total. The number of aromatic nitrogens is 1. The van der Waals surface area contributed by atoms with Gasteiger partial charge in [0.25, 0.3) is 0 Å². The van der Waals surface area contributed by atoms with Crippen LogP contribution in [0.2, 0.25) is 0 Å². The molecule has 1 heterocycles. The van der Waals surface area contributed by atoms with Crippen LogP contribution in [0.25, 0.3) is 0 Å². The maximum atomic E-state index is 13.6. The number of rotatable bonds is 3. The zero-order chi connectivity index (χ0) is 13.1. The quantitative estimate of drug-likeness (QED) is 0.942. The van der Waals surface area contributed by atoms with Crippen LogP contribution < -0.4 is 0 Å². The molecular formula is C13H10BrF2NO. The normalized spacial score (nSPS) is 12.4. The van der Waals surface area contributed by atoms with Crippen molar-refractivity contribution in [2.24, 2.45) is 0 Å². The average molecular weight is 314 g/mol. The molecule has 18 heavy (non-hydrogen) atoms. The van der Waals surface area contributed by atoms with Gasteiger partial charge in [0.05, 0.1) is 11.9 Å². The number of halogens is 3. The van der Waals surface area contributed by atoms with Crippen molar-refractivity contribution in [3.63, 3.8) is 0 Å². The molecule has 0 saturated carbocycles. The second kappa shape index (κ2) is 5.54. The Kier molecular flexibility index (Phi) is 4.04. The summed E-state index contributed by atoms with van der Waals surface area (Å²) in [5.41, 5.74) is 0.704. The van der Waals surface area contributed by atoms with Crippen molar-refractivity contribution in [1.82, 2.24) is 4.98 Å². The third kappa shape index (κ3) is 3.11. The highest BCUT2D eigenvalue weighted by Gasteiger charge is 2.13. The van der Waals surface area contributed by atoms with E-state index in [1.54, 1.807) is 12.1 Å². The Balaban J connectivity index is 2.15. The monoisotopic (exact) mass is 313 g/mol. The van der Waals surface area contributed by atoms with Crippen molar-refractivity contribution < 1.29 is 13.9 Å². The summed E-state index contributed by atoms with van der Waals surface area (Å²) in [6.45, 7) is 0. The van der Waals surface area contributed by atoms with Gasteiger partial charge in [0, 0.05) is 10.9 Å². The van der Waals surface area contributed by atoms with Crippen LogP contribution >= 0.6 is 15.9 Å². The molecule has 1 aromatic carbocycles. The summed E-state index contributed by atoms with van der Waals surface area (Å²) in [4.78, 5) is 3.76. The van der Waals surface area contributed by atoms with Gasteiger partial charge in [-0.05, 0) is 29.8 Å². The summed E-state index contributed by atoms with van der Waals surface area (Å²) >= 11 is 3.16. The Hall–Kier alpha value is -1.33. The van der Waals surface area contributed by atoms with Gasteiger partial charge in [-0.3, -0.25) is 4.98 Å². The lowest BCUT2D eigenvalue weighted by molar-refractivity contribution is 0.172. The van der Waals surface area contributed by atoms with Gasteiger partial charge in [0.1, 0.15) is 17.7 Å². The van der Waals surface area contributed by atoms with E-state index < -0.39 is 17.7 Å².